The highest BCUT2D eigenvalue weighted by Crippen LogP contribution is 2.17. The summed E-state index contributed by atoms with van der Waals surface area (Å²) in [5.41, 5.74) is 7.20. The van der Waals surface area contributed by atoms with Crippen molar-refractivity contribution in [3.63, 3.8) is 0 Å². The number of fused-ring (bicyclic) bond motifs is 1. The van der Waals surface area contributed by atoms with Gasteiger partial charge >= 0.3 is 11.6 Å². The third kappa shape index (κ3) is 2.26. The van der Waals surface area contributed by atoms with Crippen LogP contribution in [0.4, 0.5) is 17.4 Å². The van der Waals surface area contributed by atoms with Gasteiger partial charge in [0.1, 0.15) is 0 Å². The minimum Gasteiger partial charge on any atom is -0.399 e. The Morgan fingerprint density at radius 2 is 1.79 bits per heavy atom. The molecule has 0 spiro atoms. The first-order chi connectivity index (χ1) is 9.22. The number of benzene rings is 2. The van der Waals surface area contributed by atoms with E-state index in [1.54, 1.807) is 42.5 Å². The van der Waals surface area contributed by atoms with Crippen molar-refractivity contribution < 1.29 is 4.42 Å². The molecule has 3 rings (SSSR count). The average molecular weight is 253 g/mol. The Labute approximate surface area is 108 Å². The second kappa shape index (κ2) is 4.45. The minimum atomic E-state index is -0.413. The van der Waals surface area contributed by atoms with E-state index in [2.05, 4.69) is 10.3 Å². The third-order valence-electron chi connectivity index (χ3n) is 2.70. The molecule has 1 heterocycles. The summed E-state index contributed by atoms with van der Waals surface area (Å²) in [6.07, 6.45) is 0. The van der Waals surface area contributed by atoms with Crippen molar-refractivity contribution >= 4 is 28.3 Å². The van der Waals surface area contributed by atoms with Gasteiger partial charge in [-0.05, 0) is 36.4 Å². The molecule has 3 aromatic rings. The summed E-state index contributed by atoms with van der Waals surface area (Å²) in [5, 5.41) is 3.39. The summed E-state index contributed by atoms with van der Waals surface area (Å²) in [4.78, 5) is 16.0. The summed E-state index contributed by atoms with van der Waals surface area (Å²) < 4.78 is 5.12. The number of anilines is 3. The number of nitrogens with zero attached hydrogens (tertiary/aromatic N) is 1. The number of nitrogens with one attached hydrogen (secondary N) is 1. The van der Waals surface area contributed by atoms with Gasteiger partial charge in [-0.2, -0.15) is 4.98 Å². The molecule has 0 unspecified atom stereocenters. The zero-order chi connectivity index (χ0) is 13.2. The van der Waals surface area contributed by atoms with Gasteiger partial charge in [0, 0.05) is 11.4 Å². The molecular weight excluding hydrogens is 242 g/mol. The highest BCUT2D eigenvalue weighted by molar-refractivity contribution is 5.78. The van der Waals surface area contributed by atoms with E-state index in [9.17, 15) is 4.79 Å². The first-order valence-corrected chi connectivity index (χ1v) is 5.75. The lowest BCUT2D eigenvalue weighted by Gasteiger charge is -2.04. The number of nitrogens with two attached hydrogens (primary N) is 1. The molecule has 5 nitrogen and oxygen atoms in total. The molecule has 3 N–H and O–H groups in total. The van der Waals surface area contributed by atoms with Crippen LogP contribution in [0.2, 0.25) is 0 Å². The van der Waals surface area contributed by atoms with E-state index in [0.29, 0.717) is 16.6 Å². The maximum atomic E-state index is 11.8. The second-order valence-corrected chi connectivity index (χ2v) is 4.07. The topological polar surface area (TPSA) is 81.1 Å². The number of aromatic nitrogens is 1. The number of rotatable bonds is 2. The molecule has 0 saturated heterocycles. The first kappa shape index (κ1) is 11.3. The van der Waals surface area contributed by atoms with Crippen LogP contribution in [0.1, 0.15) is 0 Å². The lowest BCUT2D eigenvalue weighted by Crippen LogP contribution is -2.04. The molecule has 0 amide bonds. The molecule has 1 aromatic heterocycles. The van der Waals surface area contributed by atoms with E-state index in [0.717, 1.165) is 5.69 Å². The van der Waals surface area contributed by atoms with Crippen LogP contribution in [0, 0.1) is 0 Å². The van der Waals surface area contributed by atoms with Crippen molar-refractivity contribution in [3.8, 4) is 0 Å². The molecule has 2 aromatic carbocycles. The van der Waals surface area contributed by atoms with Gasteiger partial charge in [-0.3, -0.25) is 0 Å². The van der Waals surface area contributed by atoms with Crippen LogP contribution < -0.4 is 16.7 Å². The van der Waals surface area contributed by atoms with Crippen molar-refractivity contribution in [2.75, 3.05) is 11.1 Å². The lowest BCUT2D eigenvalue weighted by molar-refractivity contribution is 0.522. The van der Waals surface area contributed by atoms with E-state index >= 15 is 0 Å². The quantitative estimate of drug-likeness (QED) is 0.686. The first-order valence-electron chi connectivity index (χ1n) is 5.75. The zero-order valence-electron chi connectivity index (χ0n) is 9.96. The molecule has 0 bridgehead atoms. The Balaban J connectivity index is 2.01. The molecule has 0 fully saturated rings. The molecule has 19 heavy (non-hydrogen) atoms. The molecule has 5 heteroatoms. The van der Waals surface area contributed by atoms with E-state index in [-0.39, 0.29) is 6.01 Å². The van der Waals surface area contributed by atoms with Gasteiger partial charge in [0.15, 0.2) is 0 Å². The normalized spacial score (nSPS) is 10.5. The summed E-state index contributed by atoms with van der Waals surface area (Å²) in [6, 6.07) is 14.3. The van der Waals surface area contributed by atoms with Crippen LogP contribution in [-0.4, -0.2) is 4.98 Å². The van der Waals surface area contributed by atoms with Gasteiger partial charge in [-0.1, -0.05) is 12.1 Å². The van der Waals surface area contributed by atoms with Gasteiger partial charge in [-0.25, -0.2) is 4.79 Å². The summed E-state index contributed by atoms with van der Waals surface area (Å²) in [7, 11) is 0. The largest absolute Gasteiger partial charge is 0.399 e. The number of nitrogen functional groups attached to an aromatic ring is 1. The van der Waals surface area contributed by atoms with E-state index in [4.69, 9.17) is 10.2 Å². The molecule has 0 aliphatic heterocycles. The van der Waals surface area contributed by atoms with Crippen molar-refractivity contribution in [1.29, 1.82) is 0 Å². The van der Waals surface area contributed by atoms with Crippen molar-refractivity contribution in [2.45, 2.75) is 0 Å². The summed E-state index contributed by atoms with van der Waals surface area (Å²) in [6.45, 7) is 0. The molecular formula is C14H11N3O2. The third-order valence-corrected chi connectivity index (χ3v) is 2.70. The fraction of sp³-hybridized carbons (Fsp3) is 0. The van der Waals surface area contributed by atoms with E-state index < -0.39 is 5.63 Å². The van der Waals surface area contributed by atoms with Crippen molar-refractivity contribution in [2.24, 2.45) is 0 Å². The van der Waals surface area contributed by atoms with Crippen LogP contribution in [-0.2, 0) is 0 Å². The van der Waals surface area contributed by atoms with Crippen molar-refractivity contribution in [1.82, 2.24) is 4.98 Å². The fourth-order valence-corrected chi connectivity index (χ4v) is 1.76. The van der Waals surface area contributed by atoms with Gasteiger partial charge in [0.25, 0.3) is 0 Å². The predicted molar refractivity (Wildman–Crippen MR) is 74.4 cm³/mol. The fourth-order valence-electron chi connectivity index (χ4n) is 1.76. The molecule has 0 aliphatic rings. The standard InChI is InChI=1S/C14H11N3O2/c15-9-5-7-10(8-6-9)16-14-17-12-4-2-1-3-11(12)13(18)19-14/h1-8H,15H2,(H,16,17). The molecule has 0 aliphatic carbocycles. The summed E-state index contributed by atoms with van der Waals surface area (Å²) >= 11 is 0. The maximum Gasteiger partial charge on any atom is 0.348 e. The number of para-hydroxylation sites is 1. The second-order valence-electron chi connectivity index (χ2n) is 4.07. The average Bonchev–Trinajstić information content (AvgIpc) is 2.42. The van der Waals surface area contributed by atoms with Gasteiger partial charge in [-0.15, -0.1) is 0 Å². The van der Waals surface area contributed by atoms with E-state index in [1.165, 1.54) is 0 Å². The van der Waals surface area contributed by atoms with Crippen molar-refractivity contribution in [3.05, 3.63) is 59.0 Å². The predicted octanol–water partition coefficient (Wildman–Crippen LogP) is 2.51. The van der Waals surface area contributed by atoms with Crippen LogP contribution >= 0.6 is 0 Å². The zero-order valence-corrected chi connectivity index (χ0v) is 9.96. The Bertz CT molecular complexity index is 779. The van der Waals surface area contributed by atoms with Crippen LogP contribution in [0.5, 0.6) is 0 Å². The van der Waals surface area contributed by atoms with Crippen LogP contribution in [0.25, 0.3) is 10.9 Å². The highest BCUT2D eigenvalue weighted by Gasteiger charge is 2.05. The van der Waals surface area contributed by atoms with Crippen LogP contribution in [0.3, 0.4) is 0 Å². The number of hydrogen-bond acceptors (Lipinski definition) is 5. The Kier molecular flexibility index (Phi) is 2.64. The Hall–Kier alpha value is -2.82. The number of hydrogen-bond donors (Lipinski definition) is 2. The maximum absolute atomic E-state index is 11.8. The summed E-state index contributed by atoms with van der Waals surface area (Å²) in [5.74, 6) is 0. The minimum absolute atomic E-state index is 0.161. The molecule has 0 atom stereocenters. The molecule has 0 radical (unpaired) electrons. The Morgan fingerprint density at radius 1 is 1.05 bits per heavy atom. The Morgan fingerprint density at radius 3 is 2.58 bits per heavy atom. The van der Waals surface area contributed by atoms with E-state index in [1.807, 2.05) is 6.07 Å². The van der Waals surface area contributed by atoms with Crippen LogP contribution in [0.15, 0.2) is 57.7 Å². The smallest absolute Gasteiger partial charge is 0.348 e. The van der Waals surface area contributed by atoms with Gasteiger partial charge < -0.3 is 15.5 Å². The molecule has 94 valence electrons. The lowest BCUT2D eigenvalue weighted by atomic mass is 10.2. The van der Waals surface area contributed by atoms with Gasteiger partial charge in [0.2, 0.25) is 0 Å². The SMILES string of the molecule is Nc1ccc(Nc2nc3ccccc3c(=O)o2)cc1. The molecule has 0 saturated carbocycles. The monoisotopic (exact) mass is 253 g/mol. The highest BCUT2D eigenvalue weighted by atomic mass is 16.4. The van der Waals surface area contributed by atoms with Gasteiger partial charge in [0.05, 0.1) is 10.9 Å².